The van der Waals surface area contributed by atoms with E-state index in [-0.39, 0.29) is 17.0 Å². The van der Waals surface area contributed by atoms with E-state index in [9.17, 15) is 50.8 Å². The molecule has 0 radical (unpaired) electrons. The number of non-ortho nitro benzene ring substituents is 1. The van der Waals surface area contributed by atoms with Crippen molar-refractivity contribution >= 4 is 29.5 Å². The van der Waals surface area contributed by atoms with Crippen molar-refractivity contribution in [1.29, 1.82) is 0 Å². The Balaban J connectivity index is 2.00. The Morgan fingerprint density at radius 3 is 2.00 bits per heavy atom. The number of aliphatic imine (C=N–C) groups is 1. The van der Waals surface area contributed by atoms with Crippen LogP contribution in [0.3, 0.4) is 0 Å². The molecule has 1 aliphatic heterocycles. The standard InChI is InChI=1S/C27H20F6N2O8/c1-2-17-12-24(21(36)41-13-25(28,29)30,22(37)42-14-26(31,32)33)19(15-8-10-18(11-9-15)35(39)40)27(17)23(38)43-20(34-27)16-6-4-3-5-7-16/h2-11,17,19H,1,12-14H2/t17-,19-,27+/m1/s1. The molecule has 0 unspecified atom stereocenters. The maximum Gasteiger partial charge on any atom is 0.422 e. The molecule has 0 N–H and O–H groups in total. The molecule has 228 valence electrons. The number of nitrogens with zero attached hydrogens (tertiary/aromatic N) is 2. The lowest BCUT2D eigenvalue weighted by Gasteiger charge is -2.35. The van der Waals surface area contributed by atoms with E-state index in [1.54, 1.807) is 18.2 Å². The van der Waals surface area contributed by atoms with Gasteiger partial charge in [-0.05, 0) is 24.1 Å². The quantitative estimate of drug-likeness (QED) is 0.0786. The summed E-state index contributed by atoms with van der Waals surface area (Å²) in [7, 11) is 0. The first-order chi connectivity index (χ1) is 20.0. The van der Waals surface area contributed by atoms with Crippen LogP contribution in [0, 0.1) is 21.4 Å². The van der Waals surface area contributed by atoms with Crippen molar-refractivity contribution in [3.63, 3.8) is 0 Å². The van der Waals surface area contributed by atoms with Crippen LogP contribution in [0.15, 0.2) is 72.2 Å². The van der Waals surface area contributed by atoms with Crippen molar-refractivity contribution in [1.82, 2.24) is 0 Å². The fraction of sp³-hybridized carbons (Fsp3) is 0.333. The first kappa shape index (κ1) is 31.2. The van der Waals surface area contributed by atoms with Crippen molar-refractivity contribution < 1.29 is 59.9 Å². The van der Waals surface area contributed by atoms with Gasteiger partial charge in [0.25, 0.3) is 5.69 Å². The van der Waals surface area contributed by atoms with Gasteiger partial charge in [-0.2, -0.15) is 26.3 Å². The average molecular weight is 614 g/mol. The van der Waals surface area contributed by atoms with Crippen molar-refractivity contribution in [2.24, 2.45) is 16.3 Å². The fourth-order valence-electron chi connectivity index (χ4n) is 5.37. The highest BCUT2D eigenvalue weighted by Gasteiger charge is 2.75. The van der Waals surface area contributed by atoms with Crippen LogP contribution in [0.2, 0.25) is 0 Å². The smallest absolute Gasteiger partial charge is 0.422 e. The summed E-state index contributed by atoms with van der Waals surface area (Å²) in [5, 5.41) is 11.3. The predicted octanol–water partition coefficient (Wildman–Crippen LogP) is 4.82. The molecule has 2 aliphatic rings. The molecule has 2 aromatic rings. The second-order valence-electron chi connectivity index (χ2n) is 9.68. The largest absolute Gasteiger partial charge is 0.455 e. The van der Waals surface area contributed by atoms with E-state index in [0.717, 1.165) is 30.3 Å². The monoisotopic (exact) mass is 614 g/mol. The lowest BCUT2D eigenvalue weighted by atomic mass is 9.68. The molecule has 0 saturated heterocycles. The molecule has 0 aromatic heterocycles. The zero-order valence-electron chi connectivity index (χ0n) is 21.7. The third-order valence-electron chi connectivity index (χ3n) is 7.05. The number of carbonyl (C=O) groups is 3. The molecule has 43 heavy (non-hydrogen) atoms. The maximum atomic E-state index is 13.7. The van der Waals surface area contributed by atoms with Gasteiger partial charge in [0.2, 0.25) is 5.90 Å². The highest BCUT2D eigenvalue weighted by Crippen LogP contribution is 2.63. The molecular formula is C27H20F6N2O8. The topological polar surface area (TPSA) is 134 Å². The van der Waals surface area contributed by atoms with E-state index < -0.39 is 83.3 Å². The Morgan fingerprint density at radius 1 is 1.00 bits per heavy atom. The van der Waals surface area contributed by atoms with E-state index in [2.05, 4.69) is 21.0 Å². The van der Waals surface area contributed by atoms with Crippen LogP contribution in [0.1, 0.15) is 23.5 Å². The Kier molecular flexibility index (Phi) is 8.08. The van der Waals surface area contributed by atoms with Crippen molar-refractivity contribution in [3.8, 4) is 0 Å². The number of ether oxygens (including phenoxy) is 3. The van der Waals surface area contributed by atoms with Gasteiger partial charge in [-0.3, -0.25) is 19.7 Å². The Morgan fingerprint density at radius 2 is 1.53 bits per heavy atom. The number of halogens is 6. The minimum Gasteiger partial charge on any atom is -0.455 e. The Hall–Kier alpha value is -4.76. The summed E-state index contributed by atoms with van der Waals surface area (Å²) < 4.78 is 92.8. The van der Waals surface area contributed by atoms with Gasteiger partial charge in [-0.1, -0.05) is 36.4 Å². The first-order valence-electron chi connectivity index (χ1n) is 12.3. The minimum absolute atomic E-state index is 0.231. The first-order valence-corrected chi connectivity index (χ1v) is 12.3. The van der Waals surface area contributed by atoms with E-state index in [1.165, 1.54) is 12.1 Å². The molecule has 16 heteroatoms. The summed E-state index contributed by atoms with van der Waals surface area (Å²) in [6, 6.07) is 11.5. The zero-order valence-corrected chi connectivity index (χ0v) is 21.7. The molecule has 3 atom stereocenters. The van der Waals surface area contributed by atoms with E-state index >= 15 is 0 Å². The molecule has 2 aromatic carbocycles. The molecule has 1 fully saturated rings. The SMILES string of the molecule is C=C[C@@H]1CC(C(=O)OCC(F)(F)F)(C(=O)OCC(F)(F)F)[C@@H](c2ccc([N+](=O)[O-])cc2)[C@@]12N=C(c1ccccc1)OC2=O. The van der Waals surface area contributed by atoms with Gasteiger partial charge in [0, 0.05) is 29.5 Å². The zero-order chi connectivity index (χ0) is 31.8. The number of nitro benzene ring substituents is 1. The number of cyclic esters (lactones) is 1. The molecule has 0 amide bonds. The maximum absolute atomic E-state index is 13.7. The fourth-order valence-corrected chi connectivity index (χ4v) is 5.37. The summed E-state index contributed by atoms with van der Waals surface area (Å²) in [6.07, 6.45) is -10.1. The predicted molar refractivity (Wildman–Crippen MR) is 132 cm³/mol. The van der Waals surface area contributed by atoms with Crippen molar-refractivity contribution in [3.05, 3.63) is 88.5 Å². The van der Waals surface area contributed by atoms with Crippen molar-refractivity contribution in [2.75, 3.05) is 13.2 Å². The number of hydrogen-bond acceptors (Lipinski definition) is 9. The molecule has 0 bridgehead atoms. The lowest BCUT2D eigenvalue weighted by molar-refractivity contribution is -0.384. The number of alkyl halides is 6. The minimum atomic E-state index is -5.12. The van der Waals surface area contributed by atoms with Gasteiger partial charge in [0.1, 0.15) is 0 Å². The molecule has 1 saturated carbocycles. The molecule has 1 spiro atoms. The van der Waals surface area contributed by atoms with E-state index in [1.807, 2.05) is 0 Å². The second kappa shape index (κ2) is 11.1. The van der Waals surface area contributed by atoms with Crippen LogP contribution in [0.25, 0.3) is 0 Å². The van der Waals surface area contributed by atoms with E-state index in [0.29, 0.717) is 0 Å². The molecule has 1 heterocycles. The number of rotatable bonds is 8. The third-order valence-corrected chi connectivity index (χ3v) is 7.05. The Bertz CT molecular complexity index is 1440. The van der Waals surface area contributed by atoms with Gasteiger partial charge in [-0.25, -0.2) is 9.79 Å². The van der Waals surface area contributed by atoms with Crippen LogP contribution in [0.5, 0.6) is 0 Å². The number of carbonyl (C=O) groups excluding carboxylic acids is 3. The van der Waals surface area contributed by atoms with Gasteiger partial charge in [0.05, 0.1) is 4.92 Å². The van der Waals surface area contributed by atoms with Crippen LogP contribution >= 0.6 is 0 Å². The normalized spacial score (nSPS) is 22.9. The average Bonchev–Trinajstić information content (AvgIpc) is 3.45. The number of benzene rings is 2. The van der Waals surface area contributed by atoms with Gasteiger partial charge in [0.15, 0.2) is 24.2 Å². The molecule has 10 nitrogen and oxygen atoms in total. The van der Waals surface area contributed by atoms with Crippen LogP contribution in [-0.4, -0.2) is 59.8 Å². The van der Waals surface area contributed by atoms with Gasteiger partial charge >= 0.3 is 30.3 Å². The Labute approximate surface area is 238 Å². The summed E-state index contributed by atoms with van der Waals surface area (Å²) in [5.41, 5.74) is -5.96. The van der Waals surface area contributed by atoms with Crippen LogP contribution < -0.4 is 0 Å². The second-order valence-corrected chi connectivity index (χ2v) is 9.68. The van der Waals surface area contributed by atoms with Crippen LogP contribution in [-0.2, 0) is 28.6 Å². The highest BCUT2D eigenvalue weighted by atomic mass is 19.4. The van der Waals surface area contributed by atoms with Crippen LogP contribution in [0.4, 0.5) is 32.0 Å². The summed E-state index contributed by atoms with van der Waals surface area (Å²) in [5.74, 6) is -8.90. The molecule has 1 aliphatic carbocycles. The van der Waals surface area contributed by atoms with Gasteiger partial charge < -0.3 is 14.2 Å². The number of esters is 3. The molecular weight excluding hydrogens is 594 g/mol. The van der Waals surface area contributed by atoms with E-state index in [4.69, 9.17) is 4.74 Å². The number of nitro groups is 1. The highest BCUT2D eigenvalue weighted by molar-refractivity contribution is 6.11. The lowest BCUT2D eigenvalue weighted by Crippen LogP contribution is -2.51. The van der Waals surface area contributed by atoms with Crippen molar-refractivity contribution in [2.45, 2.75) is 30.2 Å². The summed E-state index contributed by atoms with van der Waals surface area (Å²) >= 11 is 0. The third kappa shape index (κ3) is 5.81. The number of hydrogen-bond donors (Lipinski definition) is 0. The molecule has 4 rings (SSSR count). The van der Waals surface area contributed by atoms with Gasteiger partial charge in [-0.15, -0.1) is 6.58 Å². The summed E-state index contributed by atoms with van der Waals surface area (Å²) in [4.78, 5) is 55.7. The summed E-state index contributed by atoms with van der Waals surface area (Å²) in [6.45, 7) is -0.885.